The van der Waals surface area contributed by atoms with E-state index in [-0.39, 0.29) is 6.10 Å². The molecule has 1 nitrogen and oxygen atoms in total. The van der Waals surface area contributed by atoms with Crippen molar-refractivity contribution in [1.82, 2.24) is 0 Å². The van der Waals surface area contributed by atoms with Gasteiger partial charge in [-0.05, 0) is 0 Å². The highest BCUT2D eigenvalue weighted by molar-refractivity contribution is 5.07. The van der Waals surface area contributed by atoms with Crippen molar-refractivity contribution in [2.24, 2.45) is 5.92 Å². The average Bonchev–Trinajstić information content (AvgIpc) is 1.61. The van der Waals surface area contributed by atoms with Gasteiger partial charge in [0.1, 0.15) is 0 Å². The smallest absolute Gasteiger partial charge is 0.0780 e. The van der Waals surface area contributed by atoms with Crippen molar-refractivity contribution in [3.8, 4) is 0 Å². The molecule has 0 fully saturated rings. The van der Waals surface area contributed by atoms with Crippen molar-refractivity contribution in [2.75, 3.05) is 0 Å². The fourth-order valence-electron chi connectivity index (χ4n) is 0.433. The molecule has 34 valence electrons. The van der Waals surface area contributed by atoms with Gasteiger partial charge in [0, 0.05) is 5.92 Å². The molecule has 1 heteroatoms. The Hall–Kier alpha value is -0.300. The Kier molecular flexibility index (Phi) is 0.701. The molecule has 1 aliphatic carbocycles. The normalized spacial score (nSPS) is 42.3. The molecule has 0 aliphatic heterocycles. The molecule has 2 atom stereocenters. The minimum absolute atomic E-state index is 0.148. The minimum atomic E-state index is -0.148. The molecule has 0 aromatic heterocycles. The molecule has 0 saturated carbocycles. The van der Waals surface area contributed by atoms with Crippen LogP contribution < -0.4 is 0 Å². The van der Waals surface area contributed by atoms with E-state index >= 15 is 0 Å². The molecule has 0 aromatic rings. The molecule has 0 aromatic carbocycles. The van der Waals surface area contributed by atoms with Crippen LogP contribution in [0.1, 0.15) is 6.92 Å². The van der Waals surface area contributed by atoms with Crippen molar-refractivity contribution < 1.29 is 5.11 Å². The van der Waals surface area contributed by atoms with E-state index < -0.39 is 0 Å². The van der Waals surface area contributed by atoms with E-state index in [9.17, 15) is 0 Å². The van der Waals surface area contributed by atoms with Gasteiger partial charge < -0.3 is 5.11 Å². The van der Waals surface area contributed by atoms with Crippen LogP contribution in [0.2, 0.25) is 0 Å². The third-order valence-corrected chi connectivity index (χ3v) is 1.15. The van der Waals surface area contributed by atoms with Gasteiger partial charge in [-0.1, -0.05) is 19.1 Å². The second-order valence-corrected chi connectivity index (χ2v) is 1.73. The third-order valence-electron chi connectivity index (χ3n) is 1.15. The molecule has 0 saturated heterocycles. The van der Waals surface area contributed by atoms with Crippen molar-refractivity contribution >= 4 is 0 Å². The van der Waals surface area contributed by atoms with Crippen LogP contribution in [0.15, 0.2) is 12.2 Å². The summed E-state index contributed by atoms with van der Waals surface area (Å²) in [7, 11) is 0. The van der Waals surface area contributed by atoms with Gasteiger partial charge in [-0.15, -0.1) is 0 Å². The zero-order chi connectivity index (χ0) is 4.57. The van der Waals surface area contributed by atoms with Gasteiger partial charge in [0.15, 0.2) is 0 Å². The fourth-order valence-corrected chi connectivity index (χ4v) is 0.433. The Balaban J connectivity index is 2.45. The SMILES string of the molecule is CC1C=CC1O. The topological polar surface area (TPSA) is 20.2 Å². The maximum absolute atomic E-state index is 8.63. The largest absolute Gasteiger partial charge is 0.388 e. The predicted molar refractivity (Wildman–Crippen MR) is 24.3 cm³/mol. The molecule has 2 unspecified atom stereocenters. The highest BCUT2D eigenvalue weighted by atomic mass is 16.3. The van der Waals surface area contributed by atoms with Crippen LogP contribution in [0.3, 0.4) is 0 Å². The highest BCUT2D eigenvalue weighted by Gasteiger charge is 2.14. The van der Waals surface area contributed by atoms with Gasteiger partial charge in [-0.2, -0.15) is 0 Å². The van der Waals surface area contributed by atoms with Gasteiger partial charge in [-0.3, -0.25) is 0 Å². The quantitative estimate of drug-likeness (QED) is 0.425. The van der Waals surface area contributed by atoms with E-state index in [4.69, 9.17) is 5.11 Å². The summed E-state index contributed by atoms with van der Waals surface area (Å²) in [6.45, 7) is 1.99. The van der Waals surface area contributed by atoms with Crippen LogP contribution in [-0.2, 0) is 0 Å². The molecule has 6 heavy (non-hydrogen) atoms. The number of aliphatic hydroxyl groups is 1. The number of hydrogen-bond donors (Lipinski definition) is 1. The van der Waals surface area contributed by atoms with E-state index in [1.54, 1.807) is 6.08 Å². The fraction of sp³-hybridized carbons (Fsp3) is 0.600. The van der Waals surface area contributed by atoms with Crippen molar-refractivity contribution in [3.63, 3.8) is 0 Å². The molecule has 1 N–H and O–H groups in total. The first-order valence-electron chi connectivity index (χ1n) is 2.17. The average molecular weight is 84.1 g/mol. The first kappa shape index (κ1) is 3.88. The van der Waals surface area contributed by atoms with Gasteiger partial charge >= 0.3 is 0 Å². The summed E-state index contributed by atoms with van der Waals surface area (Å²) >= 11 is 0. The Morgan fingerprint density at radius 3 is 2.00 bits per heavy atom. The van der Waals surface area contributed by atoms with E-state index in [1.165, 1.54) is 0 Å². The van der Waals surface area contributed by atoms with Crippen LogP contribution in [0.5, 0.6) is 0 Å². The molecule has 0 spiro atoms. The van der Waals surface area contributed by atoms with Gasteiger partial charge in [0.25, 0.3) is 0 Å². The first-order valence-corrected chi connectivity index (χ1v) is 2.17. The van der Waals surface area contributed by atoms with E-state index in [0.29, 0.717) is 5.92 Å². The van der Waals surface area contributed by atoms with Gasteiger partial charge in [0.2, 0.25) is 0 Å². The number of aliphatic hydroxyl groups excluding tert-OH is 1. The molecule has 1 aliphatic rings. The Morgan fingerprint density at radius 1 is 1.50 bits per heavy atom. The van der Waals surface area contributed by atoms with Crippen LogP contribution in [0, 0.1) is 5.92 Å². The number of hydrogen-bond acceptors (Lipinski definition) is 1. The van der Waals surface area contributed by atoms with Crippen LogP contribution in [0.4, 0.5) is 0 Å². The van der Waals surface area contributed by atoms with Crippen LogP contribution >= 0.6 is 0 Å². The molecule has 0 amide bonds. The lowest BCUT2D eigenvalue weighted by atomic mass is 9.94. The van der Waals surface area contributed by atoms with Crippen molar-refractivity contribution in [2.45, 2.75) is 13.0 Å². The summed E-state index contributed by atoms with van der Waals surface area (Å²) in [5.74, 6) is 0.407. The maximum Gasteiger partial charge on any atom is 0.0780 e. The lowest BCUT2D eigenvalue weighted by Crippen LogP contribution is -2.20. The van der Waals surface area contributed by atoms with Crippen LogP contribution in [0.25, 0.3) is 0 Å². The summed E-state index contributed by atoms with van der Waals surface area (Å²) in [6.07, 6.45) is 3.64. The Labute approximate surface area is 37.3 Å². The second-order valence-electron chi connectivity index (χ2n) is 1.73. The molecular weight excluding hydrogens is 76.1 g/mol. The first-order chi connectivity index (χ1) is 2.80. The monoisotopic (exact) mass is 84.1 g/mol. The summed E-state index contributed by atoms with van der Waals surface area (Å²) < 4.78 is 0. The molecule has 0 radical (unpaired) electrons. The zero-order valence-electron chi connectivity index (χ0n) is 3.76. The minimum Gasteiger partial charge on any atom is -0.388 e. The van der Waals surface area contributed by atoms with Gasteiger partial charge in [0.05, 0.1) is 6.10 Å². The van der Waals surface area contributed by atoms with Crippen molar-refractivity contribution in [3.05, 3.63) is 12.2 Å². The predicted octanol–water partition coefficient (Wildman–Crippen LogP) is 0.553. The lowest BCUT2D eigenvalue weighted by Gasteiger charge is -2.18. The maximum atomic E-state index is 8.63. The van der Waals surface area contributed by atoms with E-state index in [2.05, 4.69) is 0 Å². The Bertz CT molecular complexity index is 66.0. The summed E-state index contributed by atoms with van der Waals surface area (Å²) in [5, 5.41) is 8.63. The van der Waals surface area contributed by atoms with E-state index in [1.807, 2.05) is 13.0 Å². The molecule has 0 bridgehead atoms. The van der Waals surface area contributed by atoms with Crippen LogP contribution in [-0.4, -0.2) is 11.2 Å². The molecule has 1 rings (SSSR count). The molecule has 0 heterocycles. The standard InChI is InChI=1S/C5H8O/c1-4-2-3-5(4)6/h2-6H,1H3. The Morgan fingerprint density at radius 2 is 2.00 bits per heavy atom. The summed E-state index contributed by atoms with van der Waals surface area (Å²) in [5.41, 5.74) is 0. The summed E-state index contributed by atoms with van der Waals surface area (Å²) in [6, 6.07) is 0. The van der Waals surface area contributed by atoms with Crippen molar-refractivity contribution in [1.29, 1.82) is 0 Å². The third kappa shape index (κ3) is 0.356. The number of rotatable bonds is 0. The zero-order valence-corrected chi connectivity index (χ0v) is 3.76. The van der Waals surface area contributed by atoms with Gasteiger partial charge in [-0.25, -0.2) is 0 Å². The molecular formula is C5H8O. The second kappa shape index (κ2) is 1.09. The lowest BCUT2D eigenvalue weighted by molar-refractivity contribution is 0.164. The highest BCUT2D eigenvalue weighted by Crippen LogP contribution is 2.15. The summed E-state index contributed by atoms with van der Waals surface area (Å²) in [4.78, 5) is 0. The van der Waals surface area contributed by atoms with E-state index in [0.717, 1.165) is 0 Å².